The first-order valence-corrected chi connectivity index (χ1v) is 4.80. The summed E-state index contributed by atoms with van der Waals surface area (Å²) in [6.07, 6.45) is 3.42. The Labute approximate surface area is 85.7 Å². The fraction of sp³-hybridized carbons (Fsp3) is 0.500. The summed E-state index contributed by atoms with van der Waals surface area (Å²) in [5.41, 5.74) is 1.25. The molecule has 76 valence electrons. The van der Waals surface area contributed by atoms with Crippen LogP contribution >= 0.6 is 0 Å². The van der Waals surface area contributed by atoms with E-state index in [0.29, 0.717) is 0 Å². The predicted octanol–water partition coefficient (Wildman–Crippen LogP) is 2.42. The molecule has 2 heteroatoms. The van der Waals surface area contributed by atoms with Crippen molar-refractivity contribution in [2.75, 3.05) is 6.54 Å². The Kier molecular flexibility index (Phi) is 3.79. The van der Waals surface area contributed by atoms with Crippen molar-refractivity contribution in [3.8, 4) is 11.8 Å². The highest BCUT2D eigenvalue weighted by Gasteiger charge is 2.02. The fourth-order valence-corrected chi connectivity index (χ4v) is 0.972. The van der Waals surface area contributed by atoms with Gasteiger partial charge in [0.2, 0.25) is 0 Å². The van der Waals surface area contributed by atoms with Gasteiger partial charge in [0.1, 0.15) is 0 Å². The van der Waals surface area contributed by atoms with Gasteiger partial charge in [-0.1, -0.05) is 11.8 Å². The Hall–Kier alpha value is -1.20. The zero-order valence-corrected chi connectivity index (χ0v) is 9.05. The van der Waals surface area contributed by atoms with Gasteiger partial charge < -0.3 is 9.73 Å². The van der Waals surface area contributed by atoms with Gasteiger partial charge in [-0.2, -0.15) is 0 Å². The van der Waals surface area contributed by atoms with Crippen molar-refractivity contribution >= 4 is 0 Å². The van der Waals surface area contributed by atoms with Crippen LogP contribution in [0, 0.1) is 17.3 Å². The highest BCUT2D eigenvalue weighted by molar-refractivity contribution is 5.09. The number of nitrogens with one attached hydrogen (secondary N) is 1. The molecule has 0 aliphatic heterocycles. The van der Waals surface area contributed by atoms with Crippen LogP contribution in [0.3, 0.4) is 0 Å². The van der Waals surface area contributed by atoms with Crippen molar-refractivity contribution in [2.24, 2.45) is 5.41 Å². The van der Waals surface area contributed by atoms with E-state index in [4.69, 9.17) is 4.42 Å². The van der Waals surface area contributed by atoms with E-state index >= 15 is 0 Å². The van der Waals surface area contributed by atoms with E-state index in [9.17, 15) is 0 Å². The Morgan fingerprint density at radius 2 is 2.21 bits per heavy atom. The van der Waals surface area contributed by atoms with Crippen molar-refractivity contribution in [2.45, 2.75) is 27.3 Å². The third-order valence-corrected chi connectivity index (χ3v) is 1.59. The fourth-order valence-electron chi connectivity index (χ4n) is 0.972. The van der Waals surface area contributed by atoms with Gasteiger partial charge in [0, 0.05) is 17.5 Å². The lowest BCUT2D eigenvalue weighted by atomic mass is 9.98. The van der Waals surface area contributed by atoms with Crippen LogP contribution in [0.2, 0.25) is 0 Å². The molecule has 0 radical (unpaired) electrons. The van der Waals surface area contributed by atoms with Crippen LogP contribution in [-0.4, -0.2) is 6.54 Å². The van der Waals surface area contributed by atoms with Crippen molar-refractivity contribution < 1.29 is 4.42 Å². The standard InChI is InChI=1S/C12H17NO/c1-12(2,3)6-4-7-13-9-11-5-8-14-10-11/h5,8,10,13H,7,9H2,1-3H3. The quantitative estimate of drug-likeness (QED) is 0.586. The van der Waals surface area contributed by atoms with Gasteiger partial charge in [-0.05, 0) is 26.8 Å². The van der Waals surface area contributed by atoms with Crippen molar-refractivity contribution in [1.82, 2.24) is 5.32 Å². The second-order valence-corrected chi connectivity index (χ2v) is 4.29. The maximum absolute atomic E-state index is 4.95. The Morgan fingerprint density at radius 1 is 1.43 bits per heavy atom. The highest BCUT2D eigenvalue weighted by Crippen LogP contribution is 2.09. The molecule has 0 saturated carbocycles. The number of furan rings is 1. The summed E-state index contributed by atoms with van der Waals surface area (Å²) in [5.74, 6) is 6.26. The molecule has 0 aliphatic rings. The molecule has 1 aromatic heterocycles. The van der Waals surface area contributed by atoms with E-state index in [0.717, 1.165) is 18.7 Å². The lowest BCUT2D eigenvalue weighted by Crippen LogP contribution is -2.13. The topological polar surface area (TPSA) is 25.2 Å². The van der Waals surface area contributed by atoms with Crippen LogP contribution in [0.4, 0.5) is 0 Å². The lowest BCUT2D eigenvalue weighted by Gasteiger charge is -2.06. The second-order valence-electron chi connectivity index (χ2n) is 4.29. The van der Waals surface area contributed by atoms with Gasteiger partial charge in [-0.15, -0.1) is 0 Å². The number of hydrogen-bond donors (Lipinski definition) is 1. The zero-order chi connectivity index (χ0) is 10.4. The van der Waals surface area contributed by atoms with Crippen molar-refractivity contribution in [3.63, 3.8) is 0 Å². The minimum absolute atomic E-state index is 0.0946. The lowest BCUT2D eigenvalue weighted by molar-refractivity contribution is 0.561. The first-order chi connectivity index (χ1) is 6.58. The molecule has 0 saturated heterocycles. The smallest absolute Gasteiger partial charge is 0.0947 e. The van der Waals surface area contributed by atoms with Crippen LogP contribution in [0.1, 0.15) is 26.3 Å². The van der Waals surface area contributed by atoms with Crippen LogP contribution in [0.5, 0.6) is 0 Å². The minimum Gasteiger partial charge on any atom is -0.472 e. The molecular weight excluding hydrogens is 174 g/mol. The Bertz CT molecular complexity index is 308. The Balaban J connectivity index is 2.19. The molecule has 0 atom stereocenters. The first-order valence-electron chi connectivity index (χ1n) is 4.80. The zero-order valence-electron chi connectivity index (χ0n) is 9.05. The molecule has 1 rings (SSSR count). The maximum atomic E-state index is 4.95. The molecular formula is C12H17NO. The van der Waals surface area contributed by atoms with E-state index in [2.05, 4.69) is 37.9 Å². The molecule has 0 aromatic carbocycles. The molecule has 0 aliphatic carbocycles. The van der Waals surface area contributed by atoms with Gasteiger partial charge in [0.25, 0.3) is 0 Å². The van der Waals surface area contributed by atoms with E-state index in [1.807, 2.05) is 6.07 Å². The molecule has 0 unspecified atom stereocenters. The van der Waals surface area contributed by atoms with Gasteiger partial charge in [0.05, 0.1) is 19.1 Å². The number of hydrogen-bond acceptors (Lipinski definition) is 2. The third-order valence-electron chi connectivity index (χ3n) is 1.59. The highest BCUT2D eigenvalue weighted by atomic mass is 16.3. The monoisotopic (exact) mass is 191 g/mol. The molecule has 0 spiro atoms. The van der Waals surface area contributed by atoms with E-state index in [-0.39, 0.29) is 5.41 Å². The summed E-state index contributed by atoms with van der Waals surface area (Å²) in [6.45, 7) is 7.86. The van der Waals surface area contributed by atoms with Gasteiger partial charge >= 0.3 is 0 Å². The van der Waals surface area contributed by atoms with Crippen LogP contribution in [0.15, 0.2) is 23.0 Å². The average molecular weight is 191 g/mol. The molecule has 2 nitrogen and oxygen atoms in total. The maximum Gasteiger partial charge on any atom is 0.0947 e. The predicted molar refractivity (Wildman–Crippen MR) is 57.6 cm³/mol. The third kappa shape index (κ3) is 4.74. The minimum atomic E-state index is 0.0946. The van der Waals surface area contributed by atoms with Gasteiger partial charge in [-0.3, -0.25) is 0 Å². The summed E-state index contributed by atoms with van der Waals surface area (Å²) < 4.78 is 4.95. The Morgan fingerprint density at radius 3 is 2.79 bits per heavy atom. The van der Waals surface area contributed by atoms with E-state index in [1.54, 1.807) is 12.5 Å². The van der Waals surface area contributed by atoms with Crippen molar-refractivity contribution in [1.29, 1.82) is 0 Å². The summed E-state index contributed by atoms with van der Waals surface area (Å²) in [4.78, 5) is 0. The molecule has 14 heavy (non-hydrogen) atoms. The first kappa shape index (κ1) is 10.9. The van der Waals surface area contributed by atoms with Crippen molar-refractivity contribution in [3.05, 3.63) is 24.2 Å². The molecule has 1 heterocycles. The SMILES string of the molecule is CC(C)(C)C#CCNCc1ccoc1. The molecule has 0 amide bonds. The van der Waals surface area contributed by atoms with E-state index < -0.39 is 0 Å². The summed E-state index contributed by atoms with van der Waals surface area (Å²) in [7, 11) is 0. The summed E-state index contributed by atoms with van der Waals surface area (Å²) in [5, 5.41) is 3.23. The average Bonchev–Trinajstić information content (AvgIpc) is 2.54. The van der Waals surface area contributed by atoms with Gasteiger partial charge in [0.15, 0.2) is 0 Å². The second kappa shape index (κ2) is 4.88. The molecule has 1 N–H and O–H groups in total. The largest absolute Gasteiger partial charge is 0.472 e. The summed E-state index contributed by atoms with van der Waals surface area (Å²) in [6, 6.07) is 1.95. The van der Waals surface area contributed by atoms with Crippen LogP contribution in [-0.2, 0) is 6.54 Å². The molecule has 0 bridgehead atoms. The van der Waals surface area contributed by atoms with Crippen LogP contribution < -0.4 is 5.32 Å². The summed E-state index contributed by atoms with van der Waals surface area (Å²) >= 11 is 0. The van der Waals surface area contributed by atoms with E-state index in [1.165, 1.54) is 0 Å². The molecule has 0 fully saturated rings. The molecule has 1 aromatic rings. The normalized spacial score (nSPS) is 10.8. The van der Waals surface area contributed by atoms with Gasteiger partial charge in [-0.25, -0.2) is 0 Å². The number of rotatable bonds is 3. The van der Waals surface area contributed by atoms with Crippen LogP contribution in [0.25, 0.3) is 0 Å².